The molecule has 10 nitrogen and oxygen atoms in total. The standard InChI is InChI=1S/C26H20N2O8/c29-25(15-13-21-5-1-3-7-23(21)27(31)32)35-17-19-9-11-20(12-10-19)18-36-26(30)16-14-22-6-2-4-8-24(22)28(33)34/h1-16H,17-18H2/b15-13-,16-14+. The molecule has 0 fully saturated rings. The van der Waals surface area contributed by atoms with Crippen molar-refractivity contribution in [1.82, 2.24) is 0 Å². The van der Waals surface area contributed by atoms with Crippen LogP contribution in [-0.2, 0) is 32.3 Å². The van der Waals surface area contributed by atoms with Crippen LogP contribution in [-0.4, -0.2) is 21.8 Å². The first-order valence-corrected chi connectivity index (χ1v) is 10.6. The Hall–Kier alpha value is -5.12. The Morgan fingerprint density at radius 3 is 1.36 bits per heavy atom. The van der Waals surface area contributed by atoms with Crippen molar-refractivity contribution in [3.63, 3.8) is 0 Å². The van der Waals surface area contributed by atoms with E-state index < -0.39 is 21.8 Å². The molecule has 10 heteroatoms. The molecule has 0 aliphatic heterocycles. The number of hydrogen-bond donors (Lipinski definition) is 0. The molecule has 0 N–H and O–H groups in total. The van der Waals surface area contributed by atoms with Crippen LogP contribution in [0.5, 0.6) is 0 Å². The maximum atomic E-state index is 12.0. The van der Waals surface area contributed by atoms with Gasteiger partial charge in [-0.25, -0.2) is 9.59 Å². The van der Waals surface area contributed by atoms with Gasteiger partial charge in [-0.1, -0.05) is 48.5 Å². The van der Waals surface area contributed by atoms with Gasteiger partial charge in [0.1, 0.15) is 13.2 Å². The lowest BCUT2D eigenvalue weighted by molar-refractivity contribution is -0.385. The maximum Gasteiger partial charge on any atom is 0.331 e. The Bertz CT molecular complexity index is 1230. The van der Waals surface area contributed by atoms with Crippen molar-refractivity contribution in [2.75, 3.05) is 0 Å². The summed E-state index contributed by atoms with van der Waals surface area (Å²) in [6.07, 6.45) is 4.88. The number of nitro benzene ring substituents is 2. The first kappa shape index (κ1) is 25.5. The van der Waals surface area contributed by atoms with E-state index >= 15 is 0 Å². The van der Waals surface area contributed by atoms with Crippen molar-refractivity contribution in [2.45, 2.75) is 13.2 Å². The molecule has 0 unspecified atom stereocenters. The quantitative estimate of drug-likeness (QED) is 0.168. The van der Waals surface area contributed by atoms with E-state index in [0.717, 1.165) is 12.2 Å². The smallest absolute Gasteiger partial charge is 0.331 e. The van der Waals surface area contributed by atoms with E-state index in [9.17, 15) is 29.8 Å². The SMILES string of the molecule is O=C(/C=C\c1ccccc1[N+](=O)[O-])OCc1ccc(COC(=O)/C=C/c2ccccc2[N+](=O)[O-])cc1. The van der Waals surface area contributed by atoms with E-state index in [0.29, 0.717) is 11.1 Å². The summed E-state index contributed by atoms with van der Waals surface area (Å²) in [7, 11) is 0. The molecule has 36 heavy (non-hydrogen) atoms. The number of ether oxygens (including phenoxy) is 2. The Balaban J connectivity index is 1.47. The predicted molar refractivity (Wildman–Crippen MR) is 130 cm³/mol. The summed E-state index contributed by atoms with van der Waals surface area (Å²) in [6.45, 7) is -0.0303. The number of nitrogens with zero attached hydrogens (tertiary/aromatic N) is 2. The van der Waals surface area contributed by atoms with E-state index in [1.54, 1.807) is 36.4 Å². The predicted octanol–water partition coefficient (Wildman–Crippen LogP) is 5.02. The minimum absolute atomic E-state index is 0.0152. The summed E-state index contributed by atoms with van der Waals surface area (Å²) >= 11 is 0. The molecule has 0 spiro atoms. The molecule has 0 atom stereocenters. The molecule has 0 aliphatic carbocycles. The van der Waals surface area contributed by atoms with E-state index in [1.165, 1.54) is 48.6 Å². The minimum Gasteiger partial charge on any atom is -0.458 e. The van der Waals surface area contributed by atoms with Crippen LogP contribution in [0.3, 0.4) is 0 Å². The summed E-state index contributed by atoms with van der Waals surface area (Å²) in [5.74, 6) is -1.31. The number of para-hydroxylation sites is 2. The van der Waals surface area contributed by atoms with Crippen LogP contribution in [0.1, 0.15) is 22.3 Å². The molecule has 3 rings (SSSR count). The number of carbonyl (C=O) groups is 2. The Morgan fingerprint density at radius 1 is 0.639 bits per heavy atom. The molecule has 0 bridgehead atoms. The molecule has 3 aromatic rings. The largest absolute Gasteiger partial charge is 0.458 e. The second-order valence-electron chi connectivity index (χ2n) is 7.33. The highest BCUT2D eigenvalue weighted by atomic mass is 16.6. The zero-order valence-electron chi connectivity index (χ0n) is 18.8. The van der Waals surface area contributed by atoms with Crippen molar-refractivity contribution in [3.8, 4) is 0 Å². The van der Waals surface area contributed by atoms with Gasteiger partial charge in [0.15, 0.2) is 0 Å². The first-order valence-electron chi connectivity index (χ1n) is 10.6. The fourth-order valence-electron chi connectivity index (χ4n) is 3.04. The van der Waals surface area contributed by atoms with Crippen LogP contribution in [0, 0.1) is 20.2 Å². The molecule has 0 radical (unpaired) electrons. The van der Waals surface area contributed by atoms with Gasteiger partial charge in [-0.15, -0.1) is 0 Å². The number of esters is 2. The molecule has 182 valence electrons. The van der Waals surface area contributed by atoms with Crippen LogP contribution < -0.4 is 0 Å². The average molecular weight is 488 g/mol. The molecule has 0 aromatic heterocycles. The third-order valence-electron chi connectivity index (χ3n) is 4.85. The fraction of sp³-hybridized carbons (Fsp3) is 0.0769. The zero-order valence-corrected chi connectivity index (χ0v) is 18.8. The Kier molecular flexibility index (Phi) is 8.76. The van der Waals surface area contributed by atoms with Crippen molar-refractivity contribution in [1.29, 1.82) is 0 Å². The third-order valence-corrected chi connectivity index (χ3v) is 4.85. The van der Waals surface area contributed by atoms with Crippen LogP contribution >= 0.6 is 0 Å². The van der Waals surface area contributed by atoms with E-state index in [4.69, 9.17) is 9.47 Å². The fourth-order valence-corrected chi connectivity index (χ4v) is 3.04. The molecule has 0 saturated heterocycles. The van der Waals surface area contributed by atoms with Gasteiger partial charge in [-0.05, 0) is 35.4 Å². The lowest BCUT2D eigenvalue weighted by atomic mass is 10.1. The highest BCUT2D eigenvalue weighted by molar-refractivity contribution is 5.88. The molecule has 0 heterocycles. The van der Waals surface area contributed by atoms with Gasteiger partial charge in [0.25, 0.3) is 11.4 Å². The van der Waals surface area contributed by atoms with Crippen LogP contribution in [0.25, 0.3) is 12.2 Å². The number of nitro groups is 2. The van der Waals surface area contributed by atoms with Crippen LogP contribution in [0.15, 0.2) is 84.9 Å². The maximum absolute atomic E-state index is 12.0. The molecule has 3 aromatic carbocycles. The van der Waals surface area contributed by atoms with Gasteiger partial charge in [-0.2, -0.15) is 0 Å². The van der Waals surface area contributed by atoms with Crippen molar-refractivity contribution in [2.24, 2.45) is 0 Å². The summed E-state index contributed by atoms with van der Waals surface area (Å²) in [5.41, 5.74) is 1.72. The van der Waals surface area contributed by atoms with E-state index in [-0.39, 0.29) is 35.7 Å². The number of benzene rings is 3. The Morgan fingerprint density at radius 2 is 1.00 bits per heavy atom. The van der Waals surface area contributed by atoms with Gasteiger partial charge >= 0.3 is 11.9 Å². The average Bonchev–Trinajstić information content (AvgIpc) is 2.89. The molecule has 0 saturated carbocycles. The lowest BCUT2D eigenvalue weighted by Crippen LogP contribution is -2.02. The summed E-state index contributed by atoms with van der Waals surface area (Å²) in [6, 6.07) is 18.9. The normalized spacial score (nSPS) is 10.9. The second kappa shape index (κ2) is 12.4. The van der Waals surface area contributed by atoms with E-state index in [2.05, 4.69) is 0 Å². The number of rotatable bonds is 10. The van der Waals surface area contributed by atoms with Gasteiger partial charge in [0, 0.05) is 24.3 Å². The second-order valence-corrected chi connectivity index (χ2v) is 7.33. The molecular formula is C26H20N2O8. The number of hydrogen-bond acceptors (Lipinski definition) is 8. The summed E-state index contributed by atoms with van der Waals surface area (Å²) < 4.78 is 10.3. The van der Waals surface area contributed by atoms with E-state index in [1.807, 2.05) is 0 Å². The summed E-state index contributed by atoms with van der Waals surface area (Å²) in [5, 5.41) is 22.0. The molecular weight excluding hydrogens is 468 g/mol. The molecule has 0 amide bonds. The van der Waals surface area contributed by atoms with Crippen molar-refractivity contribution < 1.29 is 28.9 Å². The van der Waals surface area contributed by atoms with Crippen LogP contribution in [0.4, 0.5) is 11.4 Å². The highest BCUT2D eigenvalue weighted by Gasteiger charge is 2.11. The van der Waals surface area contributed by atoms with Crippen molar-refractivity contribution >= 4 is 35.5 Å². The van der Waals surface area contributed by atoms with Gasteiger partial charge in [0.2, 0.25) is 0 Å². The molecule has 0 aliphatic rings. The zero-order chi connectivity index (χ0) is 25.9. The van der Waals surface area contributed by atoms with Gasteiger partial charge < -0.3 is 9.47 Å². The Labute approximate surface area is 205 Å². The summed E-state index contributed by atoms with van der Waals surface area (Å²) in [4.78, 5) is 44.9. The first-order chi connectivity index (χ1) is 17.3. The highest BCUT2D eigenvalue weighted by Crippen LogP contribution is 2.20. The van der Waals surface area contributed by atoms with Gasteiger partial charge in [0.05, 0.1) is 21.0 Å². The topological polar surface area (TPSA) is 139 Å². The third kappa shape index (κ3) is 7.45. The monoisotopic (exact) mass is 488 g/mol. The number of carbonyl (C=O) groups excluding carboxylic acids is 2. The van der Waals surface area contributed by atoms with Crippen molar-refractivity contribution in [3.05, 3.63) is 127 Å². The minimum atomic E-state index is -0.656. The lowest BCUT2D eigenvalue weighted by Gasteiger charge is -2.05. The van der Waals surface area contributed by atoms with Crippen LogP contribution in [0.2, 0.25) is 0 Å². The van der Waals surface area contributed by atoms with Gasteiger partial charge in [-0.3, -0.25) is 20.2 Å².